The van der Waals surface area contributed by atoms with E-state index in [0.717, 1.165) is 0 Å². The first kappa shape index (κ1) is 16.2. The monoisotopic (exact) mass is 190 g/mol. The van der Waals surface area contributed by atoms with Crippen LogP contribution in [0.4, 0.5) is 0 Å². The topological polar surface area (TPSA) is 34.1 Å². The molecule has 0 aromatic heterocycles. The van der Waals surface area contributed by atoms with Gasteiger partial charge in [0.15, 0.2) is 0 Å². The van der Waals surface area contributed by atoms with Gasteiger partial charge in [-0.1, -0.05) is 0 Å². The van der Waals surface area contributed by atoms with E-state index in [9.17, 15) is 0 Å². The molecule has 0 heterocycles. The van der Waals surface area contributed by atoms with Gasteiger partial charge in [-0.3, -0.25) is 0 Å². The molecule has 0 radical (unpaired) electrons. The summed E-state index contributed by atoms with van der Waals surface area (Å²) in [7, 11) is 0. The first-order chi connectivity index (χ1) is 1.41. The van der Waals surface area contributed by atoms with E-state index in [1.807, 2.05) is 0 Å². The van der Waals surface area contributed by atoms with Crippen molar-refractivity contribution in [3.8, 4) is 0 Å². The maximum atomic E-state index is 8.50. The van der Waals surface area contributed by atoms with Gasteiger partial charge in [-0.2, -0.15) is 0 Å². The molecule has 0 aliphatic carbocycles. The summed E-state index contributed by atoms with van der Waals surface area (Å²) in [5, 5.41) is 0. The van der Waals surface area contributed by atoms with E-state index < -0.39 is 19.1 Å². The van der Waals surface area contributed by atoms with Crippen molar-refractivity contribution >= 4 is 0 Å². The summed E-state index contributed by atoms with van der Waals surface area (Å²) in [6.07, 6.45) is 0. The Morgan fingerprint density at radius 1 is 1.20 bits per heavy atom. The van der Waals surface area contributed by atoms with Gasteiger partial charge in [0, 0.05) is 33.9 Å². The second-order valence-corrected chi connectivity index (χ2v) is 0.344. The summed E-state index contributed by atoms with van der Waals surface area (Å²) in [5.74, 6) is 0. The van der Waals surface area contributed by atoms with E-state index in [2.05, 4.69) is 0 Å². The molecule has 0 aromatic rings. The van der Waals surface area contributed by atoms with Gasteiger partial charge in [0.25, 0.3) is 0 Å². The Morgan fingerprint density at radius 2 is 1.20 bits per heavy atom. The third kappa shape index (κ3) is 33.2. The van der Waals surface area contributed by atoms with Gasteiger partial charge in [-0.15, -0.1) is 0 Å². The molecule has 0 bridgehead atoms. The summed E-state index contributed by atoms with van der Waals surface area (Å²) in [6, 6.07) is 0. The van der Waals surface area contributed by atoms with E-state index in [1.54, 1.807) is 0 Å². The summed E-state index contributed by atoms with van der Waals surface area (Å²) in [6.45, 7) is 0. The first-order valence-electron chi connectivity index (χ1n) is 0.408. The van der Waals surface area contributed by atoms with E-state index in [1.165, 1.54) is 0 Å². The fraction of sp³-hybridized carbons (Fsp3) is 0. The maximum absolute atomic E-state index is 8.50. The molecule has 0 saturated carbocycles. The van der Waals surface area contributed by atoms with Gasteiger partial charge in [0.1, 0.15) is 0 Å². The predicted octanol–water partition coefficient (Wildman–Crippen LogP) is -0.245. The van der Waals surface area contributed by atoms with E-state index in [-0.39, 0.29) is 33.9 Å². The van der Waals surface area contributed by atoms with Gasteiger partial charge < -0.3 is 0 Å². The molecule has 0 fully saturated rings. The normalized spacial score (nSPS) is 1.60. The fourth-order valence-electron chi connectivity index (χ4n) is 0. The Bertz CT molecular complexity index is 30.6. The van der Waals surface area contributed by atoms with Crippen LogP contribution >= 0.6 is 0 Å². The average molecular weight is 191 g/mol. The van der Waals surface area contributed by atoms with Gasteiger partial charge in [0.05, 0.1) is 0 Å². The Labute approximate surface area is 59.3 Å². The van der Waals surface area contributed by atoms with Crippen LogP contribution in [0.2, 0.25) is 0 Å². The van der Waals surface area contributed by atoms with Crippen LogP contribution in [-0.2, 0) is 59.6 Å². The molecule has 0 N–H and O–H groups in total. The number of hydrogen-bond acceptors (Lipinski definition) is 2. The Hall–Kier alpha value is 1.34. The average Bonchev–Trinajstić information content (AvgIpc) is 0.918. The molecule has 0 saturated heterocycles. The van der Waals surface area contributed by atoms with Gasteiger partial charge in [0.2, 0.25) is 0 Å². The molecule has 0 unspecified atom stereocenters. The number of rotatable bonds is 0. The van der Waals surface area contributed by atoms with Crippen LogP contribution in [-0.4, -0.2) is 0 Å². The van der Waals surface area contributed by atoms with E-state index in [0.29, 0.717) is 0 Å². The van der Waals surface area contributed by atoms with E-state index in [4.69, 9.17) is 6.65 Å². The zero-order valence-electron chi connectivity index (χ0n) is 2.04. The van der Waals surface area contributed by atoms with Crippen molar-refractivity contribution in [1.82, 2.24) is 0 Å². The summed E-state index contributed by atoms with van der Waals surface area (Å²) >= 11 is -2.00. The molecule has 0 atom stereocenters. The Balaban J connectivity index is -0.0000000200. The zero-order valence-corrected chi connectivity index (χ0v) is 5.87. The standard InChI is InChI=1S/Cr.Ni.2O.Ti. The second-order valence-electron chi connectivity index (χ2n) is 0.0833. The fourth-order valence-corrected chi connectivity index (χ4v) is 0. The molecule has 0 amide bonds. The summed E-state index contributed by atoms with van der Waals surface area (Å²) in [5.41, 5.74) is 0. The van der Waals surface area contributed by atoms with Crippen molar-refractivity contribution in [2.75, 3.05) is 0 Å². The molecule has 0 spiro atoms. The Morgan fingerprint density at radius 3 is 1.20 bits per heavy atom. The van der Waals surface area contributed by atoms with Gasteiger partial charge in [-0.25, -0.2) is 0 Å². The predicted molar refractivity (Wildman–Crippen MR) is 1.37 cm³/mol. The van der Waals surface area contributed by atoms with Crippen LogP contribution < -0.4 is 0 Å². The van der Waals surface area contributed by atoms with Crippen molar-refractivity contribution in [2.24, 2.45) is 0 Å². The minimum atomic E-state index is -2.00. The van der Waals surface area contributed by atoms with Crippen LogP contribution in [0.1, 0.15) is 0 Å². The molecular formula is CrNiO2Ti. The Kier molecular flexibility index (Phi) is 59.5. The van der Waals surface area contributed by atoms with Crippen LogP contribution in [0.15, 0.2) is 0 Å². The molecule has 0 aliphatic rings. The van der Waals surface area contributed by atoms with Crippen LogP contribution in [0, 0.1) is 0 Å². The van der Waals surface area contributed by atoms with Crippen molar-refractivity contribution in [3.63, 3.8) is 0 Å². The van der Waals surface area contributed by atoms with Crippen LogP contribution in [0.3, 0.4) is 0 Å². The van der Waals surface area contributed by atoms with Gasteiger partial charge >= 0.3 is 25.7 Å². The number of hydrogen-bond donors (Lipinski definition) is 0. The molecule has 5 heteroatoms. The third-order valence-corrected chi connectivity index (χ3v) is 0. The quantitative estimate of drug-likeness (QED) is 0.494. The van der Waals surface area contributed by atoms with Crippen molar-refractivity contribution in [2.45, 2.75) is 0 Å². The van der Waals surface area contributed by atoms with Crippen molar-refractivity contribution in [3.05, 3.63) is 0 Å². The summed E-state index contributed by atoms with van der Waals surface area (Å²) in [4.78, 5) is 0. The van der Waals surface area contributed by atoms with Crippen molar-refractivity contribution in [1.29, 1.82) is 0 Å². The van der Waals surface area contributed by atoms with Gasteiger partial charge in [-0.05, 0) is 0 Å². The molecule has 32 valence electrons. The molecule has 2 nitrogen and oxygen atoms in total. The zero-order chi connectivity index (χ0) is 2.71. The molecule has 0 rings (SSSR count). The molecule has 5 heavy (non-hydrogen) atoms. The van der Waals surface area contributed by atoms with E-state index >= 15 is 0 Å². The second kappa shape index (κ2) is 18.4. The van der Waals surface area contributed by atoms with Crippen LogP contribution in [0.25, 0.3) is 0 Å². The third-order valence-electron chi connectivity index (χ3n) is 0. The van der Waals surface area contributed by atoms with Crippen molar-refractivity contribution < 1.29 is 59.6 Å². The molecule has 0 aliphatic heterocycles. The first-order valence-corrected chi connectivity index (χ1v) is 1.68. The minimum absolute atomic E-state index is 0. The molecule has 0 aromatic carbocycles. The SMILES string of the molecule is [Cr].[Ni].[O]=[Ti]=[O]. The summed E-state index contributed by atoms with van der Waals surface area (Å²) < 4.78 is 17.0. The molecular weight excluding hydrogens is 191 g/mol. The van der Waals surface area contributed by atoms with Crippen LogP contribution in [0.5, 0.6) is 0 Å².